The van der Waals surface area contributed by atoms with Gasteiger partial charge in [-0.05, 0) is 12.1 Å². The molecule has 0 aliphatic heterocycles. The molecule has 0 aliphatic carbocycles. The number of pyridine rings is 1. The van der Waals surface area contributed by atoms with E-state index in [1.807, 2.05) is 0 Å². The smallest absolute Gasteiger partial charge is 0.422 e. The summed E-state index contributed by atoms with van der Waals surface area (Å²) in [7, 11) is 0. The Labute approximate surface area is 83.9 Å². The number of hydrogen-bond donors (Lipinski definition) is 0. The molecule has 0 fully saturated rings. The van der Waals surface area contributed by atoms with Crippen molar-refractivity contribution in [1.29, 1.82) is 0 Å². The highest BCUT2D eigenvalue weighted by Crippen LogP contribution is 2.14. The number of alkyl halides is 3. The molecule has 0 radical (unpaired) electrons. The summed E-state index contributed by atoms with van der Waals surface area (Å²) in [6.45, 7) is -1.56. The summed E-state index contributed by atoms with van der Waals surface area (Å²) >= 11 is 0. The minimum Gasteiger partial charge on any atom is -0.456 e. The van der Waals surface area contributed by atoms with Gasteiger partial charge in [0.2, 0.25) is 0 Å². The lowest BCUT2D eigenvalue weighted by atomic mass is 10.3. The maximum Gasteiger partial charge on any atom is 0.422 e. The zero-order valence-corrected chi connectivity index (χ0v) is 7.62. The third-order valence-corrected chi connectivity index (χ3v) is 1.45. The molecule has 15 heavy (non-hydrogen) atoms. The third kappa shape index (κ3) is 4.99. The Balaban J connectivity index is 2.38. The van der Waals surface area contributed by atoms with Gasteiger partial charge in [0.1, 0.15) is 0 Å². The first-order valence-corrected chi connectivity index (χ1v) is 4.10. The highest BCUT2D eigenvalue weighted by atomic mass is 19.4. The van der Waals surface area contributed by atoms with E-state index in [0.29, 0.717) is 5.69 Å². The number of aromatic nitrogens is 1. The fourth-order valence-electron chi connectivity index (χ4n) is 0.864. The van der Waals surface area contributed by atoms with Gasteiger partial charge in [-0.25, -0.2) is 0 Å². The first-order chi connectivity index (χ1) is 6.97. The van der Waals surface area contributed by atoms with Crippen LogP contribution < -0.4 is 0 Å². The van der Waals surface area contributed by atoms with E-state index in [1.54, 1.807) is 12.1 Å². The van der Waals surface area contributed by atoms with Gasteiger partial charge in [-0.3, -0.25) is 9.78 Å². The molecular formula is C9H8F3NO2. The van der Waals surface area contributed by atoms with E-state index in [1.165, 1.54) is 12.3 Å². The average molecular weight is 219 g/mol. The summed E-state index contributed by atoms with van der Waals surface area (Å²) < 4.78 is 39.0. The van der Waals surface area contributed by atoms with Crippen LogP contribution in [0.15, 0.2) is 24.4 Å². The van der Waals surface area contributed by atoms with Gasteiger partial charge in [0.25, 0.3) is 0 Å². The Kier molecular flexibility index (Phi) is 3.65. The Bertz CT molecular complexity index is 324. The summed E-state index contributed by atoms with van der Waals surface area (Å²) in [6.07, 6.45) is -3.29. The average Bonchev–Trinajstić information content (AvgIpc) is 2.15. The van der Waals surface area contributed by atoms with Crippen LogP contribution in [0.1, 0.15) is 5.69 Å². The molecule has 6 heteroatoms. The molecule has 82 valence electrons. The molecule has 0 spiro atoms. The van der Waals surface area contributed by atoms with Crippen LogP contribution in [0.5, 0.6) is 0 Å². The maximum atomic E-state index is 11.7. The number of carbonyl (C=O) groups excluding carboxylic acids is 1. The second-order valence-corrected chi connectivity index (χ2v) is 2.77. The standard InChI is InChI=1S/C9H8F3NO2/c10-9(11,12)6-15-8(14)5-7-3-1-2-4-13-7/h1-4H,5-6H2. The lowest BCUT2D eigenvalue weighted by Crippen LogP contribution is -2.21. The van der Waals surface area contributed by atoms with Crippen molar-refractivity contribution in [1.82, 2.24) is 4.98 Å². The van der Waals surface area contributed by atoms with E-state index in [9.17, 15) is 18.0 Å². The molecule has 1 heterocycles. The summed E-state index contributed by atoms with van der Waals surface area (Å²) in [4.78, 5) is 14.7. The van der Waals surface area contributed by atoms with Crippen molar-refractivity contribution in [3.63, 3.8) is 0 Å². The Morgan fingerprint density at radius 1 is 1.40 bits per heavy atom. The van der Waals surface area contributed by atoms with Crippen LogP contribution in [0.3, 0.4) is 0 Å². The number of hydrogen-bond acceptors (Lipinski definition) is 3. The van der Waals surface area contributed by atoms with Crippen LogP contribution in [-0.2, 0) is 16.0 Å². The van der Waals surface area contributed by atoms with Crippen LogP contribution in [0.4, 0.5) is 13.2 Å². The molecule has 0 aromatic carbocycles. The first-order valence-electron chi connectivity index (χ1n) is 4.10. The molecule has 0 atom stereocenters. The normalized spacial score (nSPS) is 11.1. The zero-order chi connectivity index (χ0) is 11.3. The van der Waals surface area contributed by atoms with Gasteiger partial charge in [0, 0.05) is 6.20 Å². The van der Waals surface area contributed by atoms with Gasteiger partial charge in [0.15, 0.2) is 6.61 Å². The predicted molar refractivity (Wildman–Crippen MR) is 45.0 cm³/mol. The topological polar surface area (TPSA) is 39.2 Å². The van der Waals surface area contributed by atoms with E-state index >= 15 is 0 Å². The molecule has 0 saturated heterocycles. The lowest BCUT2D eigenvalue weighted by Gasteiger charge is -2.07. The number of halogens is 3. The van der Waals surface area contributed by atoms with E-state index in [2.05, 4.69) is 9.72 Å². The largest absolute Gasteiger partial charge is 0.456 e. The molecule has 0 unspecified atom stereocenters. The highest BCUT2D eigenvalue weighted by Gasteiger charge is 2.29. The summed E-state index contributed by atoms with van der Waals surface area (Å²) in [5, 5.41) is 0. The Hall–Kier alpha value is -1.59. The number of rotatable bonds is 3. The lowest BCUT2D eigenvalue weighted by molar-refractivity contribution is -0.185. The number of esters is 1. The third-order valence-electron chi connectivity index (χ3n) is 1.45. The minimum absolute atomic E-state index is 0.253. The number of nitrogens with zero attached hydrogens (tertiary/aromatic N) is 1. The molecular weight excluding hydrogens is 211 g/mol. The molecule has 1 rings (SSSR count). The maximum absolute atomic E-state index is 11.7. The molecule has 0 N–H and O–H groups in total. The molecule has 0 amide bonds. The zero-order valence-electron chi connectivity index (χ0n) is 7.62. The van der Waals surface area contributed by atoms with Crippen molar-refractivity contribution in [2.24, 2.45) is 0 Å². The minimum atomic E-state index is -4.49. The van der Waals surface area contributed by atoms with Gasteiger partial charge in [-0.15, -0.1) is 0 Å². The van der Waals surface area contributed by atoms with Crippen molar-refractivity contribution in [2.75, 3.05) is 6.61 Å². The van der Waals surface area contributed by atoms with E-state index in [0.717, 1.165) is 0 Å². The van der Waals surface area contributed by atoms with Crippen LogP contribution in [0.25, 0.3) is 0 Å². The van der Waals surface area contributed by atoms with Gasteiger partial charge in [-0.1, -0.05) is 6.07 Å². The van der Waals surface area contributed by atoms with Crippen molar-refractivity contribution >= 4 is 5.97 Å². The van der Waals surface area contributed by atoms with Crippen LogP contribution in [-0.4, -0.2) is 23.7 Å². The summed E-state index contributed by atoms with van der Waals surface area (Å²) in [5.41, 5.74) is 0.379. The van der Waals surface area contributed by atoms with Crippen molar-refractivity contribution in [3.05, 3.63) is 30.1 Å². The van der Waals surface area contributed by atoms with E-state index in [4.69, 9.17) is 0 Å². The fourth-order valence-corrected chi connectivity index (χ4v) is 0.864. The monoisotopic (exact) mass is 219 g/mol. The molecule has 0 aliphatic rings. The van der Waals surface area contributed by atoms with Gasteiger partial charge in [0.05, 0.1) is 12.1 Å². The second kappa shape index (κ2) is 4.77. The first kappa shape index (κ1) is 11.5. The Morgan fingerprint density at radius 2 is 2.13 bits per heavy atom. The highest BCUT2D eigenvalue weighted by molar-refractivity contribution is 5.71. The predicted octanol–water partition coefficient (Wildman–Crippen LogP) is 1.73. The van der Waals surface area contributed by atoms with Gasteiger partial charge in [-0.2, -0.15) is 13.2 Å². The summed E-state index contributed by atoms with van der Waals surface area (Å²) in [5.74, 6) is -0.939. The van der Waals surface area contributed by atoms with Crippen molar-refractivity contribution in [3.8, 4) is 0 Å². The Morgan fingerprint density at radius 3 is 2.67 bits per heavy atom. The van der Waals surface area contributed by atoms with E-state index in [-0.39, 0.29) is 6.42 Å². The molecule has 3 nitrogen and oxygen atoms in total. The number of ether oxygens (including phenoxy) is 1. The van der Waals surface area contributed by atoms with Crippen LogP contribution in [0.2, 0.25) is 0 Å². The molecule has 0 saturated carbocycles. The number of carbonyl (C=O) groups is 1. The molecule has 1 aromatic heterocycles. The van der Waals surface area contributed by atoms with E-state index < -0.39 is 18.8 Å². The fraction of sp³-hybridized carbons (Fsp3) is 0.333. The van der Waals surface area contributed by atoms with Crippen LogP contribution >= 0.6 is 0 Å². The van der Waals surface area contributed by atoms with Crippen molar-refractivity contribution in [2.45, 2.75) is 12.6 Å². The van der Waals surface area contributed by atoms with Crippen LogP contribution in [0, 0.1) is 0 Å². The quantitative estimate of drug-likeness (QED) is 0.727. The van der Waals surface area contributed by atoms with Gasteiger partial charge < -0.3 is 4.74 Å². The second-order valence-electron chi connectivity index (χ2n) is 2.77. The van der Waals surface area contributed by atoms with Gasteiger partial charge >= 0.3 is 12.1 Å². The SMILES string of the molecule is O=C(Cc1ccccn1)OCC(F)(F)F. The molecule has 1 aromatic rings. The van der Waals surface area contributed by atoms with Crippen molar-refractivity contribution < 1.29 is 22.7 Å². The molecule has 0 bridgehead atoms. The summed E-state index contributed by atoms with van der Waals surface area (Å²) in [6, 6.07) is 4.82.